The first-order valence-electron chi connectivity index (χ1n) is 8.93. The number of thiophene rings is 1. The van der Waals surface area contributed by atoms with Gasteiger partial charge >= 0.3 is 0 Å². The second kappa shape index (κ2) is 8.57. The van der Waals surface area contributed by atoms with Crippen LogP contribution < -0.4 is 9.62 Å². The molecule has 0 unspecified atom stereocenters. The molecular formula is C21H21ClN2O3S2. The van der Waals surface area contributed by atoms with E-state index < -0.39 is 15.9 Å². The fourth-order valence-electron chi connectivity index (χ4n) is 2.74. The van der Waals surface area contributed by atoms with Gasteiger partial charge in [-0.05, 0) is 59.3 Å². The average Bonchev–Trinajstić information content (AvgIpc) is 3.19. The van der Waals surface area contributed by atoms with E-state index in [9.17, 15) is 13.2 Å². The molecule has 0 spiro atoms. The topological polar surface area (TPSA) is 66.5 Å². The highest BCUT2D eigenvalue weighted by Gasteiger charge is 2.28. The van der Waals surface area contributed by atoms with E-state index in [1.807, 2.05) is 24.3 Å². The van der Waals surface area contributed by atoms with E-state index in [2.05, 4.69) is 19.2 Å². The van der Waals surface area contributed by atoms with Crippen LogP contribution in [0.2, 0.25) is 5.02 Å². The molecule has 0 aliphatic carbocycles. The van der Waals surface area contributed by atoms with Crippen LogP contribution in [0.5, 0.6) is 0 Å². The van der Waals surface area contributed by atoms with E-state index in [0.717, 1.165) is 21.2 Å². The maximum Gasteiger partial charge on any atom is 0.267 e. The third-order valence-corrected chi connectivity index (χ3v) is 7.62. The van der Waals surface area contributed by atoms with Gasteiger partial charge in [0.15, 0.2) is 0 Å². The number of hydrogen-bond donors (Lipinski definition) is 1. The Kier molecular flexibility index (Phi) is 6.31. The fraction of sp³-hybridized carbons (Fsp3) is 0.190. The van der Waals surface area contributed by atoms with Gasteiger partial charge in [0.05, 0.1) is 5.69 Å². The van der Waals surface area contributed by atoms with Gasteiger partial charge in [-0.2, -0.15) is 0 Å². The number of sulfonamides is 1. The van der Waals surface area contributed by atoms with Gasteiger partial charge in [-0.3, -0.25) is 9.10 Å². The van der Waals surface area contributed by atoms with E-state index in [1.165, 1.54) is 13.1 Å². The zero-order valence-electron chi connectivity index (χ0n) is 16.2. The molecule has 0 atom stereocenters. The minimum Gasteiger partial charge on any atom is -0.321 e. The predicted molar refractivity (Wildman–Crippen MR) is 120 cm³/mol. The molecule has 1 aromatic heterocycles. The molecule has 0 saturated carbocycles. The number of nitrogens with zero attached hydrogens (tertiary/aromatic N) is 1. The zero-order valence-corrected chi connectivity index (χ0v) is 18.6. The highest BCUT2D eigenvalue weighted by molar-refractivity contribution is 7.93. The summed E-state index contributed by atoms with van der Waals surface area (Å²) in [5.41, 5.74) is 2.23. The van der Waals surface area contributed by atoms with Crippen molar-refractivity contribution < 1.29 is 13.2 Å². The first kappa shape index (κ1) is 21.4. The van der Waals surface area contributed by atoms with Gasteiger partial charge in [0.1, 0.15) is 9.77 Å². The summed E-state index contributed by atoms with van der Waals surface area (Å²) in [5.74, 6) is -0.0717. The molecule has 5 nitrogen and oxygen atoms in total. The Balaban J connectivity index is 1.85. The molecule has 29 heavy (non-hydrogen) atoms. The highest BCUT2D eigenvalue weighted by Crippen LogP contribution is 2.29. The third kappa shape index (κ3) is 4.63. The molecule has 0 aliphatic heterocycles. The van der Waals surface area contributed by atoms with E-state index in [0.29, 0.717) is 22.3 Å². The maximum atomic E-state index is 13.1. The monoisotopic (exact) mass is 448 g/mol. The van der Waals surface area contributed by atoms with Crippen molar-refractivity contribution in [3.63, 3.8) is 0 Å². The lowest BCUT2D eigenvalue weighted by molar-refractivity contribution is 0.102. The predicted octanol–water partition coefficient (Wildman–Crippen LogP) is 5.60. The fourth-order valence-corrected chi connectivity index (χ4v) is 5.36. The molecule has 2 aromatic carbocycles. The summed E-state index contributed by atoms with van der Waals surface area (Å²) >= 11 is 6.97. The van der Waals surface area contributed by atoms with Gasteiger partial charge in [-0.15, -0.1) is 11.3 Å². The van der Waals surface area contributed by atoms with Crippen LogP contribution in [0.4, 0.5) is 11.4 Å². The van der Waals surface area contributed by atoms with Crippen molar-refractivity contribution in [2.75, 3.05) is 16.7 Å². The molecule has 0 saturated heterocycles. The summed E-state index contributed by atoms with van der Waals surface area (Å²) < 4.78 is 27.3. The van der Waals surface area contributed by atoms with Gasteiger partial charge in [0, 0.05) is 17.8 Å². The summed E-state index contributed by atoms with van der Waals surface area (Å²) in [4.78, 5) is 12.9. The summed E-state index contributed by atoms with van der Waals surface area (Å²) in [6.45, 7) is 4.18. The Labute approximate surface area is 180 Å². The highest BCUT2D eigenvalue weighted by atomic mass is 35.5. The van der Waals surface area contributed by atoms with Crippen LogP contribution >= 0.6 is 22.9 Å². The van der Waals surface area contributed by atoms with Crippen LogP contribution in [0, 0.1) is 0 Å². The van der Waals surface area contributed by atoms with Crippen molar-refractivity contribution in [1.82, 2.24) is 0 Å². The SMILES string of the molecule is CC(C)c1ccc(NC(=O)c2sccc2S(=O)(=O)N(C)c2ccc(Cl)cc2)cc1. The van der Waals surface area contributed by atoms with E-state index >= 15 is 0 Å². The van der Waals surface area contributed by atoms with Crippen molar-refractivity contribution in [2.24, 2.45) is 0 Å². The second-order valence-electron chi connectivity index (χ2n) is 6.79. The Bertz CT molecular complexity index is 1110. The molecular weight excluding hydrogens is 428 g/mol. The summed E-state index contributed by atoms with van der Waals surface area (Å²) in [6.07, 6.45) is 0. The van der Waals surface area contributed by atoms with E-state index in [4.69, 9.17) is 11.6 Å². The number of amides is 1. The molecule has 1 heterocycles. The lowest BCUT2D eigenvalue weighted by Gasteiger charge is -2.19. The minimum absolute atomic E-state index is 0.0312. The normalized spacial score (nSPS) is 11.5. The quantitative estimate of drug-likeness (QED) is 0.533. The molecule has 0 radical (unpaired) electrons. The second-order valence-corrected chi connectivity index (χ2v) is 10.1. The number of nitrogens with one attached hydrogen (secondary N) is 1. The Morgan fingerprint density at radius 2 is 1.66 bits per heavy atom. The molecule has 3 aromatic rings. The van der Waals surface area contributed by atoms with Gasteiger partial charge in [-0.25, -0.2) is 8.42 Å². The van der Waals surface area contributed by atoms with Gasteiger partial charge in [0.2, 0.25) is 0 Å². The van der Waals surface area contributed by atoms with Gasteiger partial charge in [-0.1, -0.05) is 37.6 Å². The molecule has 3 rings (SSSR count). The summed E-state index contributed by atoms with van der Waals surface area (Å²) in [6, 6.07) is 15.4. The van der Waals surface area contributed by atoms with Crippen molar-refractivity contribution in [2.45, 2.75) is 24.7 Å². The molecule has 0 aliphatic rings. The lowest BCUT2D eigenvalue weighted by Crippen LogP contribution is -2.28. The summed E-state index contributed by atoms with van der Waals surface area (Å²) in [7, 11) is -2.46. The molecule has 1 amide bonds. The number of benzene rings is 2. The van der Waals surface area contributed by atoms with Crippen LogP contribution in [-0.2, 0) is 10.0 Å². The Hall–Kier alpha value is -2.35. The van der Waals surface area contributed by atoms with E-state index in [1.54, 1.807) is 29.6 Å². The first-order valence-corrected chi connectivity index (χ1v) is 11.6. The number of carbonyl (C=O) groups excluding carboxylic acids is 1. The van der Waals surface area contributed by atoms with E-state index in [-0.39, 0.29) is 9.77 Å². The maximum absolute atomic E-state index is 13.1. The van der Waals surface area contributed by atoms with Gasteiger partial charge < -0.3 is 5.32 Å². The number of anilines is 2. The molecule has 152 valence electrons. The van der Waals surface area contributed by atoms with Gasteiger partial charge in [0.25, 0.3) is 15.9 Å². The third-order valence-electron chi connectivity index (χ3n) is 4.50. The standard InChI is InChI=1S/C21H21ClN2O3S2/c1-14(2)15-4-8-17(9-5-15)23-21(25)20-19(12-13-28-20)29(26,27)24(3)18-10-6-16(22)7-11-18/h4-14H,1-3H3,(H,23,25). The number of carbonyl (C=O) groups is 1. The molecule has 0 fully saturated rings. The van der Waals surface area contributed by atoms with Crippen LogP contribution in [0.1, 0.15) is 35.0 Å². The summed E-state index contributed by atoms with van der Waals surface area (Å²) in [5, 5.41) is 4.89. The first-order chi connectivity index (χ1) is 13.7. The largest absolute Gasteiger partial charge is 0.321 e. The molecule has 0 bridgehead atoms. The average molecular weight is 449 g/mol. The molecule has 8 heteroatoms. The smallest absolute Gasteiger partial charge is 0.267 e. The van der Waals surface area contributed by atoms with Crippen LogP contribution in [0.15, 0.2) is 64.9 Å². The molecule has 1 N–H and O–H groups in total. The van der Waals surface area contributed by atoms with Crippen molar-refractivity contribution in [3.8, 4) is 0 Å². The van der Waals surface area contributed by atoms with Crippen LogP contribution in [0.3, 0.4) is 0 Å². The number of halogens is 1. The van der Waals surface area contributed by atoms with Crippen molar-refractivity contribution in [3.05, 3.63) is 75.4 Å². The number of hydrogen-bond acceptors (Lipinski definition) is 4. The van der Waals surface area contributed by atoms with Crippen LogP contribution in [-0.4, -0.2) is 21.4 Å². The van der Waals surface area contributed by atoms with Crippen LogP contribution in [0.25, 0.3) is 0 Å². The van der Waals surface area contributed by atoms with Crippen molar-refractivity contribution in [1.29, 1.82) is 0 Å². The number of rotatable bonds is 6. The Morgan fingerprint density at radius 1 is 1.03 bits per heavy atom. The van der Waals surface area contributed by atoms with Crippen molar-refractivity contribution >= 4 is 50.2 Å². The lowest BCUT2D eigenvalue weighted by atomic mass is 10.0. The minimum atomic E-state index is -3.91. The zero-order chi connectivity index (χ0) is 21.2. The Morgan fingerprint density at radius 3 is 2.24 bits per heavy atom.